The summed E-state index contributed by atoms with van der Waals surface area (Å²) in [7, 11) is 3.76. The van der Waals surface area contributed by atoms with E-state index in [0.717, 1.165) is 17.5 Å². The lowest BCUT2D eigenvalue weighted by atomic mass is 10.4. The van der Waals surface area contributed by atoms with Gasteiger partial charge in [-0.3, -0.25) is 4.79 Å². The van der Waals surface area contributed by atoms with Gasteiger partial charge in [0.05, 0.1) is 12.0 Å². The number of aldehydes is 1. The van der Waals surface area contributed by atoms with Crippen molar-refractivity contribution in [2.24, 2.45) is 14.1 Å². The Kier molecular flexibility index (Phi) is 1.30. The van der Waals surface area contributed by atoms with Crippen LogP contribution in [-0.2, 0) is 14.1 Å². The number of fused-ring (bicyclic) bond motifs is 1. The molecule has 0 aliphatic heterocycles. The Morgan fingerprint density at radius 3 is 2.83 bits per heavy atom. The maximum absolute atomic E-state index is 10.5. The zero-order valence-corrected chi connectivity index (χ0v) is 6.98. The molecule has 0 amide bonds. The molecule has 0 atom stereocenters. The molecule has 0 bridgehead atoms. The third-order valence-electron chi connectivity index (χ3n) is 2.04. The van der Waals surface area contributed by atoms with Crippen molar-refractivity contribution in [1.29, 1.82) is 0 Å². The second-order valence-corrected chi connectivity index (χ2v) is 2.81. The maximum Gasteiger partial charge on any atom is 0.166 e. The van der Waals surface area contributed by atoms with E-state index >= 15 is 0 Å². The lowest BCUT2D eigenvalue weighted by molar-refractivity contribution is 0.111. The minimum atomic E-state index is 0.656. The zero-order valence-electron chi connectivity index (χ0n) is 6.98. The van der Waals surface area contributed by atoms with E-state index in [1.165, 1.54) is 0 Å². The van der Waals surface area contributed by atoms with E-state index in [1.807, 2.05) is 23.2 Å². The Morgan fingerprint density at radius 2 is 2.25 bits per heavy atom. The molecule has 0 spiro atoms. The van der Waals surface area contributed by atoms with Crippen LogP contribution in [0.4, 0.5) is 0 Å². The average molecular weight is 163 g/mol. The topological polar surface area (TPSA) is 39.8 Å². The maximum atomic E-state index is 10.5. The van der Waals surface area contributed by atoms with Crippen molar-refractivity contribution in [3.05, 3.63) is 18.1 Å². The summed E-state index contributed by atoms with van der Waals surface area (Å²) in [6, 6.07) is 1.78. The van der Waals surface area contributed by atoms with Gasteiger partial charge in [0, 0.05) is 14.1 Å². The molecule has 4 nitrogen and oxygen atoms in total. The van der Waals surface area contributed by atoms with E-state index < -0.39 is 0 Å². The second-order valence-electron chi connectivity index (χ2n) is 2.81. The third kappa shape index (κ3) is 0.717. The predicted molar refractivity (Wildman–Crippen MR) is 45.1 cm³/mol. The Labute approximate surface area is 69.4 Å². The number of carbonyl (C=O) groups is 1. The first-order valence-corrected chi connectivity index (χ1v) is 3.66. The molecule has 12 heavy (non-hydrogen) atoms. The molecule has 0 radical (unpaired) electrons. The summed E-state index contributed by atoms with van der Waals surface area (Å²) in [5.41, 5.74) is 2.49. The summed E-state index contributed by atoms with van der Waals surface area (Å²) in [6.45, 7) is 0. The lowest BCUT2D eigenvalue weighted by Crippen LogP contribution is -1.98. The molecule has 0 unspecified atom stereocenters. The van der Waals surface area contributed by atoms with Gasteiger partial charge in [-0.15, -0.1) is 0 Å². The molecule has 2 rings (SSSR count). The number of rotatable bonds is 1. The van der Waals surface area contributed by atoms with Gasteiger partial charge in [0.2, 0.25) is 0 Å². The predicted octanol–water partition coefficient (Wildman–Crippen LogP) is 0.724. The lowest BCUT2D eigenvalue weighted by Gasteiger charge is -1.97. The van der Waals surface area contributed by atoms with Crippen molar-refractivity contribution < 1.29 is 4.79 Å². The van der Waals surface area contributed by atoms with Crippen LogP contribution in [0.15, 0.2) is 12.4 Å². The smallest absolute Gasteiger partial charge is 0.166 e. The van der Waals surface area contributed by atoms with Crippen LogP contribution in [0.2, 0.25) is 0 Å². The molecule has 2 heterocycles. The Balaban J connectivity index is 2.89. The monoisotopic (exact) mass is 163 g/mol. The standard InChI is InChI=1S/C8H9N3O/c1-10-5-9-7-3-6(4-12)11(2)8(7)10/h3-5H,1-2H3. The minimum absolute atomic E-state index is 0.656. The highest BCUT2D eigenvalue weighted by atomic mass is 16.1. The summed E-state index contributed by atoms with van der Waals surface area (Å²) in [6.07, 6.45) is 2.57. The van der Waals surface area contributed by atoms with Crippen LogP contribution >= 0.6 is 0 Å². The van der Waals surface area contributed by atoms with Crippen molar-refractivity contribution in [2.45, 2.75) is 0 Å². The largest absolute Gasteiger partial charge is 0.326 e. The summed E-state index contributed by atoms with van der Waals surface area (Å²) in [5.74, 6) is 0. The van der Waals surface area contributed by atoms with Crippen LogP contribution < -0.4 is 0 Å². The third-order valence-corrected chi connectivity index (χ3v) is 2.04. The van der Waals surface area contributed by atoms with Crippen molar-refractivity contribution in [3.63, 3.8) is 0 Å². The first-order chi connectivity index (χ1) is 5.74. The number of aromatic nitrogens is 3. The molecule has 4 heteroatoms. The molecule has 0 aliphatic carbocycles. The summed E-state index contributed by atoms with van der Waals surface area (Å²) in [4.78, 5) is 14.7. The van der Waals surface area contributed by atoms with Gasteiger partial charge in [-0.05, 0) is 6.07 Å². The first kappa shape index (κ1) is 7.09. The summed E-state index contributed by atoms with van der Waals surface area (Å²) >= 11 is 0. The van der Waals surface area contributed by atoms with Gasteiger partial charge in [-0.2, -0.15) is 0 Å². The van der Waals surface area contributed by atoms with E-state index in [0.29, 0.717) is 5.69 Å². The number of imidazole rings is 1. The van der Waals surface area contributed by atoms with Crippen molar-refractivity contribution in [1.82, 2.24) is 14.1 Å². The Morgan fingerprint density at radius 1 is 1.50 bits per heavy atom. The summed E-state index contributed by atoms with van der Waals surface area (Å²) in [5, 5.41) is 0. The molecule has 0 N–H and O–H groups in total. The highest BCUT2D eigenvalue weighted by Crippen LogP contribution is 2.14. The molecular weight excluding hydrogens is 154 g/mol. The van der Waals surface area contributed by atoms with Crippen LogP contribution in [0.3, 0.4) is 0 Å². The number of hydrogen-bond acceptors (Lipinski definition) is 2. The number of aryl methyl sites for hydroxylation is 2. The molecular formula is C8H9N3O. The molecule has 0 saturated heterocycles. The molecule has 62 valence electrons. The summed E-state index contributed by atoms with van der Waals surface area (Å²) < 4.78 is 3.72. The van der Waals surface area contributed by atoms with E-state index in [-0.39, 0.29) is 0 Å². The van der Waals surface area contributed by atoms with Gasteiger partial charge in [0.25, 0.3) is 0 Å². The van der Waals surface area contributed by atoms with Gasteiger partial charge in [0.15, 0.2) is 6.29 Å². The average Bonchev–Trinajstić information content (AvgIpc) is 2.55. The molecule has 2 aromatic heterocycles. The molecule has 0 saturated carbocycles. The van der Waals surface area contributed by atoms with Crippen LogP contribution in [-0.4, -0.2) is 20.4 Å². The van der Waals surface area contributed by atoms with Crippen LogP contribution in [0.25, 0.3) is 11.2 Å². The quantitative estimate of drug-likeness (QED) is 0.581. The molecule has 2 aromatic rings. The van der Waals surface area contributed by atoms with Crippen molar-refractivity contribution in [3.8, 4) is 0 Å². The van der Waals surface area contributed by atoms with E-state index in [2.05, 4.69) is 4.98 Å². The fourth-order valence-electron chi connectivity index (χ4n) is 1.42. The first-order valence-electron chi connectivity index (χ1n) is 3.66. The highest BCUT2D eigenvalue weighted by molar-refractivity contribution is 5.84. The molecule has 0 fully saturated rings. The van der Waals surface area contributed by atoms with Crippen LogP contribution in [0.5, 0.6) is 0 Å². The van der Waals surface area contributed by atoms with Crippen molar-refractivity contribution >= 4 is 17.5 Å². The fraction of sp³-hybridized carbons (Fsp3) is 0.250. The van der Waals surface area contributed by atoms with Crippen LogP contribution in [0, 0.1) is 0 Å². The molecule has 0 aliphatic rings. The van der Waals surface area contributed by atoms with E-state index in [9.17, 15) is 4.79 Å². The van der Waals surface area contributed by atoms with Gasteiger partial charge < -0.3 is 9.13 Å². The molecule has 0 aromatic carbocycles. The normalized spacial score (nSPS) is 10.8. The van der Waals surface area contributed by atoms with E-state index in [4.69, 9.17) is 0 Å². The van der Waals surface area contributed by atoms with Crippen LogP contribution in [0.1, 0.15) is 10.5 Å². The van der Waals surface area contributed by atoms with Gasteiger partial charge in [0.1, 0.15) is 11.2 Å². The minimum Gasteiger partial charge on any atom is -0.326 e. The fourth-order valence-corrected chi connectivity index (χ4v) is 1.42. The van der Waals surface area contributed by atoms with Gasteiger partial charge in [-0.25, -0.2) is 4.98 Å². The van der Waals surface area contributed by atoms with Crippen molar-refractivity contribution in [2.75, 3.05) is 0 Å². The second kappa shape index (κ2) is 2.20. The Bertz CT molecular complexity index is 438. The SMILES string of the molecule is Cn1cnc2cc(C=O)n(C)c21. The van der Waals surface area contributed by atoms with Gasteiger partial charge in [-0.1, -0.05) is 0 Å². The highest BCUT2D eigenvalue weighted by Gasteiger charge is 2.07. The Hall–Kier alpha value is -1.58. The number of carbonyl (C=O) groups excluding carboxylic acids is 1. The van der Waals surface area contributed by atoms with Gasteiger partial charge >= 0.3 is 0 Å². The van der Waals surface area contributed by atoms with E-state index in [1.54, 1.807) is 12.4 Å². The number of nitrogens with zero attached hydrogens (tertiary/aromatic N) is 3. The zero-order chi connectivity index (χ0) is 8.72. The number of hydrogen-bond donors (Lipinski definition) is 0.